The van der Waals surface area contributed by atoms with Crippen LogP contribution in [0.25, 0.3) is 0 Å². The van der Waals surface area contributed by atoms with Crippen molar-refractivity contribution in [2.24, 2.45) is 0 Å². The molecule has 2 heteroatoms. The Morgan fingerprint density at radius 1 is 0.905 bits per heavy atom. The summed E-state index contributed by atoms with van der Waals surface area (Å²) in [5.41, 5.74) is 1.33. The molecule has 0 atom stereocenters. The molecule has 1 aromatic carbocycles. The molecule has 0 saturated carbocycles. The van der Waals surface area contributed by atoms with Crippen LogP contribution in [0.4, 0.5) is 4.39 Å². The largest absolute Gasteiger partial charge is 0.294 e. The topological polar surface area (TPSA) is 17.1 Å². The first-order valence-corrected chi connectivity index (χ1v) is 8.44. The molecule has 21 heavy (non-hydrogen) atoms. The molecule has 1 aromatic rings. The summed E-state index contributed by atoms with van der Waals surface area (Å²) in [7, 11) is 0. The van der Waals surface area contributed by atoms with E-state index in [0.29, 0.717) is 12.0 Å². The van der Waals surface area contributed by atoms with E-state index in [0.717, 1.165) is 18.4 Å². The predicted molar refractivity (Wildman–Crippen MR) is 87.3 cm³/mol. The van der Waals surface area contributed by atoms with Gasteiger partial charge in [-0.05, 0) is 37.1 Å². The molecular weight excluding hydrogens is 263 g/mol. The van der Waals surface area contributed by atoms with Gasteiger partial charge in [0.2, 0.25) is 0 Å². The van der Waals surface area contributed by atoms with Crippen molar-refractivity contribution in [2.45, 2.75) is 78.1 Å². The van der Waals surface area contributed by atoms with Crippen molar-refractivity contribution in [3.05, 3.63) is 35.1 Å². The van der Waals surface area contributed by atoms with Gasteiger partial charge >= 0.3 is 0 Å². The van der Waals surface area contributed by atoms with Crippen LogP contribution >= 0.6 is 0 Å². The van der Waals surface area contributed by atoms with E-state index in [9.17, 15) is 9.18 Å². The third-order valence-electron chi connectivity index (χ3n) is 3.87. The molecule has 0 aliphatic carbocycles. The summed E-state index contributed by atoms with van der Waals surface area (Å²) in [6.45, 7) is 4.05. The van der Waals surface area contributed by atoms with E-state index in [2.05, 4.69) is 6.92 Å². The normalized spacial score (nSPS) is 10.8. The van der Waals surface area contributed by atoms with Crippen LogP contribution in [-0.2, 0) is 0 Å². The molecule has 1 nitrogen and oxygen atoms in total. The van der Waals surface area contributed by atoms with Gasteiger partial charge in [-0.25, -0.2) is 4.39 Å². The number of carbonyl (C=O) groups excluding carboxylic acids is 1. The highest BCUT2D eigenvalue weighted by Gasteiger charge is 2.07. The second-order valence-corrected chi connectivity index (χ2v) is 6.02. The summed E-state index contributed by atoms with van der Waals surface area (Å²) in [6.07, 6.45) is 11.7. The molecule has 0 unspecified atom stereocenters. The number of ketones is 1. The fourth-order valence-corrected chi connectivity index (χ4v) is 2.64. The van der Waals surface area contributed by atoms with Crippen LogP contribution in [0.2, 0.25) is 0 Å². The first-order valence-electron chi connectivity index (χ1n) is 8.44. The molecule has 0 aromatic heterocycles. The Kier molecular flexibility index (Phi) is 8.96. The highest BCUT2D eigenvalue weighted by atomic mass is 19.1. The first kappa shape index (κ1) is 17.9. The molecule has 0 fully saturated rings. The maximum Gasteiger partial charge on any atom is 0.162 e. The second kappa shape index (κ2) is 10.5. The first-order chi connectivity index (χ1) is 10.1. The van der Waals surface area contributed by atoms with E-state index in [1.54, 1.807) is 6.07 Å². The van der Waals surface area contributed by atoms with Crippen LogP contribution in [0.15, 0.2) is 18.2 Å². The Balaban J connectivity index is 2.11. The Morgan fingerprint density at radius 3 is 2.05 bits per heavy atom. The molecule has 0 saturated heterocycles. The average Bonchev–Trinajstić information content (AvgIpc) is 2.44. The van der Waals surface area contributed by atoms with Gasteiger partial charge in [-0.2, -0.15) is 0 Å². The fraction of sp³-hybridized carbons (Fsp3) is 0.632. The van der Waals surface area contributed by atoms with Crippen molar-refractivity contribution in [3.63, 3.8) is 0 Å². The molecule has 118 valence electrons. The van der Waals surface area contributed by atoms with Gasteiger partial charge in [0.05, 0.1) is 0 Å². The zero-order chi connectivity index (χ0) is 15.5. The van der Waals surface area contributed by atoms with Crippen LogP contribution in [0.1, 0.15) is 87.1 Å². The molecular formula is C19H29FO. The molecule has 0 spiro atoms. The van der Waals surface area contributed by atoms with Gasteiger partial charge in [0, 0.05) is 12.0 Å². The maximum atomic E-state index is 13.3. The Morgan fingerprint density at radius 2 is 1.48 bits per heavy atom. The maximum absolute atomic E-state index is 13.3. The van der Waals surface area contributed by atoms with Gasteiger partial charge in [0.25, 0.3) is 0 Å². The van der Waals surface area contributed by atoms with Crippen LogP contribution < -0.4 is 0 Å². The standard InChI is InChI=1S/C19H29FO/c1-3-4-5-6-7-8-9-10-11-12-19(21)17-13-16(2)14-18(20)15-17/h13-15H,3-12H2,1-2H3. The summed E-state index contributed by atoms with van der Waals surface area (Å²) in [4.78, 5) is 12.0. The van der Waals surface area contributed by atoms with Crippen molar-refractivity contribution < 1.29 is 9.18 Å². The molecule has 0 radical (unpaired) electrons. The van der Waals surface area contributed by atoms with Crippen LogP contribution in [0, 0.1) is 12.7 Å². The number of Topliss-reactive ketones (excluding diaryl/α,β-unsaturated/α-hetero) is 1. The zero-order valence-electron chi connectivity index (χ0n) is 13.6. The summed E-state index contributed by atoms with van der Waals surface area (Å²) < 4.78 is 13.3. The van der Waals surface area contributed by atoms with E-state index in [-0.39, 0.29) is 11.6 Å². The van der Waals surface area contributed by atoms with Crippen molar-refractivity contribution in [3.8, 4) is 0 Å². The minimum atomic E-state index is -0.314. The van der Waals surface area contributed by atoms with E-state index in [4.69, 9.17) is 0 Å². The minimum absolute atomic E-state index is 0.0699. The number of hydrogen-bond acceptors (Lipinski definition) is 1. The van der Waals surface area contributed by atoms with E-state index >= 15 is 0 Å². The number of aryl methyl sites for hydroxylation is 1. The molecule has 0 aliphatic heterocycles. The summed E-state index contributed by atoms with van der Waals surface area (Å²) in [5, 5.41) is 0. The molecule has 0 bridgehead atoms. The fourth-order valence-electron chi connectivity index (χ4n) is 2.64. The summed E-state index contributed by atoms with van der Waals surface area (Å²) in [6, 6.07) is 4.58. The van der Waals surface area contributed by atoms with Gasteiger partial charge < -0.3 is 0 Å². The van der Waals surface area contributed by atoms with E-state index in [1.165, 1.54) is 57.1 Å². The molecule has 0 aliphatic rings. The number of rotatable bonds is 11. The third-order valence-corrected chi connectivity index (χ3v) is 3.87. The lowest BCUT2D eigenvalue weighted by Crippen LogP contribution is -2.00. The smallest absolute Gasteiger partial charge is 0.162 e. The van der Waals surface area contributed by atoms with Crippen LogP contribution in [-0.4, -0.2) is 5.78 Å². The van der Waals surface area contributed by atoms with E-state index < -0.39 is 0 Å². The highest BCUT2D eigenvalue weighted by Crippen LogP contribution is 2.14. The lowest BCUT2D eigenvalue weighted by atomic mass is 10.0. The lowest BCUT2D eigenvalue weighted by molar-refractivity contribution is 0.0978. The summed E-state index contributed by atoms with van der Waals surface area (Å²) in [5.74, 6) is -0.244. The Bertz CT molecular complexity index is 405. The highest BCUT2D eigenvalue weighted by molar-refractivity contribution is 5.96. The van der Waals surface area contributed by atoms with Gasteiger partial charge in [-0.15, -0.1) is 0 Å². The Hall–Kier alpha value is -1.18. The van der Waals surface area contributed by atoms with Gasteiger partial charge in [-0.1, -0.05) is 58.3 Å². The van der Waals surface area contributed by atoms with Crippen LogP contribution in [0.5, 0.6) is 0 Å². The van der Waals surface area contributed by atoms with Crippen LogP contribution in [0.3, 0.4) is 0 Å². The SMILES string of the molecule is CCCCCCCCCCCC(=O)c1cc(C)cc(F)c1. The van der Waals surface area contributed by atoms with Gasteiger partial charge in [0.1, 0.15) is 5.82 Å². The van der Waals surface area contributed by atoms with Crippen molar-refractivity contribution in [1.82, 2.24) is 0 Å². The minimum Gasteiger partial charge on any atom is -0.294 e. The summed E-state index contributed by atoms with van der Waals surface area (Å²) >= 11 is 0. The van der Waals surface area contributed by atoms with Gasteiger partial charge in [0.15, 0.2) is 5.78 Å². The quantitative estimate of drug-likeness (QED) is 0.348. The number of halogens is 1. The predicted octanol–water partition coefficient (Wildman–Crippen LogP) is 6.24. The number of unbranched alkanes of at least 4 members (excludes halogenated alkanes) is 8. The van der Waals surface area contributed by atoms with E-state index in [1.807, 2.05) is 6.92 Å². The van der Waals surface area contributed by atoms with Crippen molar-refractivity contribution in [2.75, 3.05) is 0 Å². The monoisotopic (exact) mass is 292 g/mol. The second-order valence-electron chi connectivity index (χ2n) is 6.02. The number of hydrogen-bond donors (Lipinski definition) is 0. The number of carbonyl (C=O) groups is 1. The molecule has 0 heterocycles. The van der Waals surface area contributed by atoms with Crippen molar-refractivity contribution in [1.29, 1.82) is 0 Å². The Labute approximate surface area is 129 Å². The zero-order valence-corrected chi connectivity index (χ0v) is 13.6. The molecule has 0 amide bonds. The third kappa shape index (κ3) is 7.99. The number of benzene rings is 1. The van der Waals surface area contributed by atoms with Gasteiger partial charge in [-0.3, -0.25) is 4.79 Å². The lowest BCUT2D eigenvalue weighted by Gasteiger charge is -2.04. The molecule has 1 rings (SSSR count). The average molecular weight is 292 g/mol. The van der Waals surface area contributed by atoms with Crippen molar-refractivity contribution >= 4 is 5.78 Å². The molecule has 0 N–H and O–H groups in total.